The topological polar surface area (TPSA) is 45.7 Å². The Morgan fingerprint density at radius 3 is 2.74 bits per heavy atom. The fourth-order valence-electron chi connectivity index (χ4n) is 3.42. The molecular formula is C22H29N3O2. The second-order valence-corrected chi connectivity index (χ2v) is 7.15. The van der Waals surface area contributed by atoms with E-state index in [9.17, 15) is 4.79 Å². The molecule has 1 aromatic carbocycles. The Morgan fingerprint density at radius 2 is 1.93 bits per heavy atom. The summed E-state index contributed by atoms with van der Waals surface area (Å²) >= 11 is 0. The average Bonchev–Trinajstić information content (AvgIpc) is 2.65. The zero-order valence-corrected chi connectivity index (χ0v) is 16.4. The van der Waals surface area contributed by atoms with E-state index in [-0.39, 0.29) is 5.91 Å². The molecule has 2 heterocycles. The van der Waals surface area contributed by atoms with E-state index in [1.165, 1.54) is 5.56 Å². The molecule has 1 amide bonds. The first-order chi connectivity index (χ1) is 13.1. The van der Waals surface area contributed by atoms with Crippen molar-refractivity contribution in [2.24, 2.45) is 0 Å². The predicted octanol–water partition coefficient (Wildman–Crippen LogP) is 3.41. The molecular weight excluding hydrogens is 338 g/mol. The van der Waals surface area contributed by atoms with Gasteiger partial charge in [-0.15, -0.1) is 0 Å². The summed E-state index contributed by atoms with van der Waals surface area (Å²) in [4.78, 5) is 20.9. The first-order valence-electron chi connectivity index (χ1n) is 9.72. The lowest BCUT2D eigenvalue weighted by Gasteiger charge is -2.27. The van der Waals surface area contributed by atoms with Crippen molar-refractivity contribution in [3.05, 3.63) is 59.4 Å². The van der Waals surface area contributed by atoms with Crippen LogP contribution < -0.4 is 4.74 Å². The van der Waals surface area contributed by atoms with Crippen molar-refractivity contribution in [3.63, 3.8) is 0 Å². The monoisotopic (exact) mass is 367 g/mol. The van der Waals surface area contributed by atoms with E-state index in [1.807, 2.05) is 41.4 Å². The molecule has 0 bridgehead atoms. The zero-order valence-electron chi connectivity index (χ0n) is 16.4. The molecule has 0 aliphatic carbocycles. The number of hydrogen-bond acceptors (Lipinski definition) is 4. The molecule has 0 saturated carbocycles. The summed E-state index contributed by atoms with van der Waals surface area (Å²) in [5.41, 5.74) is 3.41. The summed E-state index contributed by atoms with van der Waals surface area (Å²) in [7, 11) is 0. The maximum absolute atomic E-state index is 12.0. The number of ether oxygens (including phenoxy) is 1. The molecule has 1 aliphatic rings. The van der Waals surface area contributed by atoms with E-state index in [1.54, 1.807) is 6.92 Å². The Hall–Kier alpha value is -2.40. The molecule has 5 heteroatoms. The molecule has 1 aromatic heterocycles. The molecule has 27 heavy (non-hydrogen) atoms. The van der Waals surface area contributed by atoms with Gasteiger partial charge in [-0.25, -0.2) is 0 Å². The van der Waals surface area contributed by atoms with Crippen LogP contribution in [0.15, 0.2) is 42.6 Å². The molecule has 144 valence electrons. The predicted molar refractivity (Wildman–Crippen MR) is 107 cm³/mol. The fourth-order valence-corrected chi connectivity index (χ4v) is 3.42. The van der Waals surface area contributed by atoms with Gasteiger partial charge in [0.2, 0.25) is 5.91 Å². The molecule has 0 N–H and O–H groups in total. The fraction of sp³-hybridized carbons (Fsp3) is 0.455. The number of rotatable bonds is 2. The van der Waals surface area contributed by atoms with Crippen LogP contribution in [0, 0.1) is 6.92 Å². The number of amides is 1. The van der Waals surface area contributed by atoms with Crippen molar-refractivity contribution in [3.8, 4) is 5.75 Å². The largest absolute Gasteiger partial charge is 0.492 e. The highest BCUT2D eigenvalue weighted by atomic mass is 16.5. The Morgan fingerprint density at radius 1 is 1.11 bits per heavy atom. The maximum Gasteiger partial charge on any atom is 0.219 e. The zero-order chi connectivity index (χ0) is 19.1. The van der Waals surface area contributed by atoms with Gasteiger partial charge in [-0.2, -0.15) is 0 Å². The number of pyridine rings is 1. The Kier molecular flexibility index (Phi) is 6.82. The minimum atomic E-state index is 0.114. The van der Waals surface area contributed by atoms with Crippen molar-refractivity contribution < 1.29 is 9.53 Å². The van der Waals surface area contributed by atoms with E-state index in [0.717, 1.165) is 56.0 Å². The lowest BCUT2D eigenvalue weighted by molar-refractivity contribution is -0.129. The molecule has 0 radical (unpaired) electrons. The first kappa shape index (κ1) is 19.4. The van der Waals surface area contributed by atoms with Crippen LogP contribution in [-0.2, 0) is 17.9 Å². The van der Waals surface area contributed by atoms with E-state index < -0.39 is 0 Å². The standard InChI is InChI=1S/C22H29N3O2/c1-18-8-7-11-23-21(18)17-24-12-5-6-13-25(19(2)26)16-20-9-3-4-10-22(20)27-15-14-24/h3-4,7-11H,5-6,12-17H2,1-2H3. The highest BCUT2D eigenvalue weighted by Gasteiger charge is 2.15. The van der Waals surface area contributed by atoms with Crippen LogP contribution in [0.2, 0.25) is 0 Å². The molecule has 3 rings (SSSR count). The Balaban J connectivity index is 1.73. The van der Waals surface area contributed by atoms with E-state index in [4.69, 9.17) is 4.74 Å². The van der Waals surface area contributed by atoms with Crippen LogP contribution in [-0.4, -0.2) is 46.9 Å². The summed E-state index contributed by atoms with van der Waals surface area (Å²) in [6.07, 6.45) is 3.91. The van der Waals surface area contributed by atoms with Crippen LogP contribution in [0.5, 0.6) is 5.75 Å². The summed E-state index contributed by atoms with van der Waals surface area (Å²) in [6, 6.07) is 12.1. The molecule has 0 spiro atoms. The molecule has 0 unspecified atom stereocenters. The third-order valence-electron chi connectivity index (χ3n) is 5.09. The van der Waals surface area contributed by atoms with Crippen LogP contribution in [0.25, 0.3) is 0 Å². The van der Waals surface area contributed by atoms with Crippen molar-refractivity contribution in [2.75, 3.05) is 26.2 Å². The molecule has 0 atom stereocenters. The number of hydrogen-bond donors (Lipinski definition) is 0. The lowest BCUT2D eigenvalue weighted by atomic mass is 10.1. The van der Waals surface area contributed by atoms with Crippen molar-refractivity contribution in [1.82, 2.24) is 14.8 Å². The highest BCUT2D eigenvalue weighted by Crippen LogP contribution is 2.21. The SMILES string of the molecule is CC(=O)N1CCCCN(Cc2ncccc2C)CCOc2ccccc2C1. The van der Waals surface area contributed by atoms with Gasteiger partial charge in [0.25, 0.3) is 0 Å². The Labute approximate surface area is 162 Å². The van der Waals surface area contributed by atoms with Gasteiger partial charge in [-0.3, -0.25) is 14.7 Å². The second kappa shape index (κ2) is 9.51. The minimum absolute atomic E-state index is 0.114. The normalized spacial score (nSPS) is 16.6. The molecule has 1 aliphatic heterocycles. The second-order valence-electron chi connectivity index (χ2n) is 7.15. The number of fused-ring (bicyclic) bond motifs is 1. The summed E-state index contributed by atoms with van der Waals surface area (Å²) in [5, 5.41) is 0. The number of aryl methyl sites for hydroxylation is 1. The quantitative estimate of drug-likeness (QED) is 0.816. The number of benzene rings is 1. The van der Waals surface area contributed by atoms with Crippen LogP contribution in [0.1, 0.15) is 36.6 Å². The van der Waals surface area contributed by atoms with Gasteiger partial charge < -0.3 is 9.64 Å². The maximum atomic E-state index is 12.0. The van der Waals surface area contributed by atoms with Crippen LogP contribution >= 0.6 is 0 Å². The van der Waals surface area contributed by atoms with Gasteiger partial charge in [0.15, 0.2) is 0 Å². The van der Waals surface area contributed by atoms with Crippen molar-refractivity contribution >= 4 is 5.91 Å². The number of carbonyl (C=O) groups excluding carboxylic acids is 1. The van der Waals surface area contributed by atoms with E-state index >= 15 is 0 Å². The summed E-state index contributed by atoms with van der Waals surface area (Å²) in [6.45, 7) is 8.44. The van der Waals surface area contributed by atoms with E-state index in [2.05, 4.69) is 22.9 Å². The molecule has 5 nitrogen and oxygen atoms in total. The minimum Gasteiger partial charge on any atom is -0.492 e. The van der Waals surface area contributed by atoms with Crippen LogP contribution in [0.4, 0.5) is 0 Å². The molecule has 2 aromatic rings. The third kappa shape index (κ3) is 5.54. The third-order valence-corrected chi connectivity index (χ3v) is 5.09. The van der Waals surface area contributed by atoms with Gasteiger partial charge in [-0.05, 0) is 44.0 Å². The van der Waals surface area contributed by atoms with Gasteiger partial charge in [0, 0.05) is 44.9 Å². The number of carbonyl (C=O) groups is 1. The van der Waals surface area contributed by atoms with Crippen molar-refractivity contribution in [2.45, 2.75) is 39.8 Å². The molecule has 0 saturated heterocycles. The van der Waals surface area contributed by atoms with Crippen molar-refractivity contribution in [1.29, 1.82) is 0 Å². The highest BCUT2D eigenvalue weighted by molar-refractivity contribution is 5.73. The number of aromatic nitrogens is 1. The summed E-state index contributed by atoms with van der Waals surface area (Å²) in [5.74, 6) is 0.987. The Bertz CT molecular complexity index is 763. The smallest absolute Gasteiger partial charge is 0.219 e. The molecule has 0 fully saturated rings. The van der Waals surface area contributed by atoms with Gasteiger partial charge in [-0.1, -0.05) is 24.3 Å². The number of nitrogens with zero attached hydrogens (tertiary/aromatic N) is 3. The van der Waals surface area contributed by atoms with Gasteiger partial charge >= 0.3 is 0 Å². The first-order valence-corrected chi connectivity index (χ1v) is 9.72. The van der Waals surface area contributed by atoms with Gasteiger partial charge in [0.1, 0.15) is 12.4 Å². The summed E-state index contributed by atoms with van der Waals surface area (Å²) < 4.78 is 6.09. The number of para-hydroxylation sites is 1. The lowest BCUT2D eigenvalue weighted by Crippen LogP contribution is -2.33. The van der Waals surface area contributed by atoms with Crippen LogP contribution in [0.3, 0.4) is 0 Å². The van der Waals surface area contributed by atoms with E-state index in [0.29, 0.717) is 13.2 Å². The average molecular weight is 367 g/mol. The van der Waals surface area contributed by atoms with Gasteiger partial charge in [0.05, 0.1) is 5.69 Å².